The number of sulfonamides is 1. The van der Waals surface area contributed by atoms with Gasteiger partial charge in [-0.2, -0.15) is 0 Å². The van der Waals surface area contributed by atoms with Gasteiger partial charge in [-0.1, -0.05) is 24.3 Å². The van der Waals surface area contributed by atoms with Gasteiger partial charge < -0.3 is 10.4 Å². The minimum atomic E-state index is -3.87. The molecule has 1 aliphatic rings. The van der Waals surface area contributed by atoms with Gasteiger partial charge in [-0.3, -0.25) is 4.79 Å². The van der Waals surface area contributed by atoms with Gasteiger partial charge in [-0.15, -0.1) is 0 Å². The molecule has 0 aromatic heterocycles. The topological polar surface area (TPSA) is 104 Å². The van der Waals surface area contributed by atoms with Crippen LogP contribution < -0.4 is 5.32 Å². The highest BCUT2D eigenvalue weighted by Crippen LogP contribution is 2.35. The molecule has 0 saturated carbocycles. The van der Waals surface area contributed by atoms with Gasteiger partial charge in [0.15, 0.2) is 0 Å². The summed E-state index contributed by atoms with van der Waals surface area (Å²) in [4.78, 5) is 22.5. The smallest absolute Gasteiger partial charge is 0.404 e. The number of carbonyl (C=O) groups is 2. The second-order valence-corrected chi connectivity index (χ2v) is 8.22. The normalized spacial score (nSPS) is 16.9. The van der Waals surface area contributed by atoms with Crippen LogP contribution in [0.1, 0.15) is 31.9 Å². The van der Waals surface area contributed by atoms with Gasteiger partial charge in [0, 0.05) is 12.6 Å². The molecule has 0 atom stereocenters. The van der Waals surface area contributed by atoms with E-state index in [1.54, 1.807) is 45.0 Å². The number of benzene rings is 1. The van der Waals surface area contributed by atoms with E-state index >= 15 is 0 Å². The fraction of sp³-hybridized carbons (Fsp3) is 0.375. The Kier molecular flexibility index (Phi) is 4.70. The summed E-state index contributed by atoms with van der Waals surface area (Å²) in [6, 6.07) is 6.69. The molecule has 130 valence electrons. The van der Waals surface area contributed by atoms with Crippen molar-refractivity contribution in [2.75, 3.05) is 6.54 Å². The lowest BCUT2D eigenvalue weighted by molar-refractivity contribution is -0.123. The average molecular weight is 352 g/mol. The van der Waals surface area contributed by atoms with E-state index in [4.69, 9.17) is 5.11 Å². The van der Waals surface area contributed by atoms with E-state index in [1.807, 2.05) is 0 Å². The van der Waals surface area contributed by atoms with Gasteiger partial charge in [0.1, 0.15) is 4.91 Å². The highest BCUT2D eigenvalue weighted by molar-refractivity contribution is 7.99. The molecule has 2 rings (SSSR count). The third-order valence-electron chi connectivity index (χ3n) is 3.51. The van der Waals surface area contributed by atoms with Crippen LogP contribution in [-0.4, -0.2) is 41.9 Å². The Balaban J connectivity index is 2.22. The molecule has 1 aromatic rings. The van der Waals surface area contributed by atoms with Crippen LogP contribution in [0.25, 0.3) is 4.91 Å². The van der Waals surface area contributed by atoms with Gasteiger partial charge in [-0.05, 0) is 38.3 Å². The summed E-state index contributed by atoms with van der Waals surface area (Å²) >= 11 is 0. The number of nitrogens with zero attached hydrogens (tertiary/aromatic N) is 1. The second kappa shape index (κ2) is 6.27. The largest absolute Gasteiger partial charge is 0.465 e. The zero-order chi connectivity index (χ0) is 18.1. The predicted octanol–water partition coefficient (Wildman–Crippen LogP) is 1.81. The van der Waals surface area contributed by atoms with Gasteiger partial charge in [-0.25, -0.2) is 17.5 Å². The van der Waals surface area contributed by atoms with Crippen LogP contribution in [0.2, 0.25) is 0 Å². The molecule has 2 amide bonds. The summed E-state index contributed by atoms with van der Waals surface area (Å²) in [6.07, 6.45) is 0.544. The summed E-state index contributed by atoms with van der Waals surface area (Å²) in [5.74, 6) is -0.549. The van der Waals surface area contributed by atoms with E-state index in [0.29, 0.717) is 12.0 Å². The SMILES string of the molecule is CC(C)(C)N1C(=O)C=C(c2ccc(CCNC(=O)O)cc2)S1(=O)=O. The van der Waals surface area contributed by atoms with Crippen LogP contribution >= 0.6 is 0 Å². The Morgan fingerprint density at radius 1 is 1.21 bits per heavy atom. The van der Waals surface area contributed by atoms with E-state index in [0.717, 1.165) is 15.9 Å². The van der Waals surface area contributed by atoms with Crippen molar-refractivity contribution in [1.82, 2.24) is 9.62 Å². The fourth-order valence-corrected chi connectivity index (χ4v) is 4.43. The molecule has 2 N–H and O–H groups in total. The molecule has 8 heteroatoms. The maximum atomic E-state index is 12.6. The van der Waals surface area contributed by atoms with Gasteiger partial charge in [0.05, 0.1) is 5.54 Å². The molecular formula is C16H20N2O5S. The fourth-order valence-electron chi connectivity index (χ4n) is 2.53. The van der Waals surface area contributed by atoms with E-state index < -0.39 is 27.6 Å². The number of carbonyl (C=O) groups excluding carboxylic acids is 1. The van der Waals surface area contributed by atoms with Crippen molar-refractivity contribution in [3.05, 3.63) is 41.5 Å². The van der Waals surface area contributed by atoms with E-state index in [1.165, 1.54) is 0 Å². The molecule has 24 heavy (non-hydrogen) atoms. The Morgan fingerprint density at radius 3 is 2.25 bits per heavy atom. The van der Waals surface area contributed by atoms with Crippen molar-refractivity contribution in [1.29, 1.82) is 0 Å². The van der Waals surface area contributed by atoms with Crippen LogP contribution in [0.3, 0.4) is 0 Å². The first-order valence-electron chi connectivity index (χ1n) is 7.40. The van der Waals surface area contributed by atoms with E-state index in [2.05, 4.69) is 5.32 Å². The van der Waals surface area contributed by atoms with Crippen LogP contribution in [0.4, 0.5) is 4.79 Å². The number of rotatable bonds is 4. The predicted molar refractivity (Wildman–Crippen MR) is 89.7 cm³/mol. The highest BCUT2D eigenvalue weighted by Gasteiger charge is 2.44. The maximum Gasteiger partial charge on any atom is 0.404 e. The second-order valence-electron chi connectivity index (χ2n) is 6.47. The lowest BCUT2D eigenvalue weighted by Gasteiger charge is -2.30. The van der Waals surface area contributed by atoms with Crippen LogP contribution in [0.15, 0.2) is 30.3 Å². The minimum absolute atomic E-state index is 0.0161. The van der Waals surface area contributed by atoms with Crippen LogP contribution in [-0.2, 0) is 21.2 Å². The third-order valence-corrected chi connectivity index (χ3v) is 5.63. The quantitative estimate of drug-likeness (QED) is 0.860. The molecule has 0 unspecified atom stereocenters. The van der Waals surface area contributed by atoms with E-state index in [-0.39, 0.29) is 11.4 Å². The number of carboxylic acid groups (broad SMARTS) is 1. The van der Waals surface area contributed by atoms with Crippen molar-refractivity contribution in [2.45, 2.75) is 32.7 Å². The standard InChI is InChI=1S/C16H20N2O5S/c1-16(2,3)18-14(19)10-13(24(18,22)23)12-6-4-11(5-7-12)8-9-17-15(20)21/h4-7,10,17H,8-9H2,1-3H3,(H,20,21). The maximum absolute atomic E-state index is 12.6. The summed E-state index contributed by atoms with van der Waals surface area (Å²) in [5.41, 5.74) is 0.462. The molecular weight excluding hydrogens is 332 g/mol. The highest BCUT2D eigenvalue weighted by atomic mass is 32.2. The molecule has 0 bridgehead atoms. The minimum Gasteiger partial charge on any atom is -0.465 e. The molecule has 0 aliphatic carbocycles. The zero-order valence-electron chi connectivity index (χ0n) is 13.7. The van der Waals surface area contributed by atoms with Crippen molar-refractivity contribution in [3.8, 4) is 0 Å². The van der Waals surface area contributed by atoms with Gasteiger partial charge >= 0.3 is 6.09 Å². The summed E-state index contributed by atoms with van der Waals surface area (Å²) in [7, 11) is -3.87. The first kappa shape index (κ1) is 18.0. The molecule has 1 aliphatic heterocycles. The number of nitrogens with one attached hydrogen (secondary N) is 1. The van der Waals surface area contributed by atoms with E-state index in [9.17, 15) is 18.0 Å². The lowest BCUT2D eigenvalue weighted by atomic mass is 10.1. The lowest BCUT2D eigenvalue weighted by Crippen LogP contribution is -2.45. The van der Waals surface area contributed by atoms with Crippen LogP contribution in [0, 0.1) is 0 Å². The van der Waals surface area contributed by atoms with Crippen LogP contribution in [0.5, 0.6) is 0 Å². The average Bonchev–Trinajstić information content (AvgIpc) is 2.68. The first-order chi connectivity index (χ1) is 11.0. The Bertz CT molecular complexity index is 789. The molecule has 0 spiro atoms. The first-order valence-corrected chi connectivity index (χ1v) is 8.84. The summed E-state index contributed by atoms with van der Waals surface area (Å²) < 4.78 is 26.2. The summed E-state index contributed by atoms with van der Waals surface area (Å²) in [5, 5.41) is 10.8. The zero-order valence-corrected chi connectivity index (χ0v) is 14.6. The third kappa shape index (κ3) is 3.59. The van der Waals surface area contributed by atoms with Crippen molar-refractivity contribution < 1.29 is 23.1 Å². The summed E-state index contributed by atoms with van der Waals surface area (Å²) in [6.45, 7) is 5.26. The molecule has 1 aromatic carbocycles. The molecule has 0 saturated heterocycles. The Hall–Kier alpha value is -2.35. The Labute approximate surface area is 141 Å². The monoisotopic (exact) mass is 352 g/mol. The molecule has 0 radical (unpaired) electrons. The number of hydrogen-bond acceptors (Lipinski definition) is 4. The number of hydrogen-bond donors (Lipinski definition) is 2. The van der Waals surface area contributed by atoms with Gasteiger partial charge in [0.25, 0.3) is 15.9 Å². The van der Waals surface area contributed by atoms with Gasteiger partial charge in [0.2, 0.25) is 0 Å². The molecule has 7 nitrogen and oxygen atoms in total. The Morgan fingerprint density at radius 2 is 1.79 bits per heavy atom. The van der Waals surface area contributed by atoms with Crippen molar-refractivity contribution in [3.63, 3.8) is 0 Å². The van der Waals surface area contributed by atoms with Crippen molar-refractivity contribution >= 4 is 26.9 Å². The molecule has 0 fully saturated rings. The molecule has 1 heterocycles. The number of amides is 2. The van der Waals surface area contributed by atoms with Crippen molar-refractivity contribution in [2.24, 2.45) is 0 Å².